The minimum absolute atomic E-state index is 0.113. The number of halogens is 1. The summed E-state index contributed by atoms with van der Waals surface area (Å²) in [6, 6.07) is 5.57. The molecule has 0 aliphatic heterocycles. The zero-order valence-corrected chi connectivity index (χ0v) is 13.5. The number of carbonyl (C=O) groups excluding carboxylic acids is 1. The minimum atomic E-state index is -0.124. The van der Waals surface area contributed by atoms with Crippen molar-refractivity contribution in [2.24, 2.45) is 0 Å². The predicted octanol–water partition coefficient (Wildman–Crippen LogP) is 3.52. The number of benzene rings is 1. The van der Waals surface area contributed by atoms with Gasteiger partial charge in [-0.15, -0.1) is 0 Å². The van der Waals surface area contributed by atoms with Crippen molar-refractivity contribution in [3.63, 3.8) is 0 Å². The number of amides is 1. The second-order valence-corrected chi connectivity index (χ2v) is 6.51. The van der Waals surface area contributed by atoms with E-state index in [1.807, 2.05) is 45.9 Å². The second-order valence-electron chi connectivity index (χ2n) is 6.10. The van der Waals surface area contributed by atoms with E-state index < -0.39 is 0 Å². The SMILES string of the molecule is Cc1cc(Cl)c(NC(=O)CNC(C)(C)C)c2cccnc12. The Hall–Kier alpha value is -1.65. The van der Waals surface area contributed by atoms with Crippen LogP contribution in [0.3, 0.4) is 0 Å². The van der Waals surface area contributed by atoms with Crippen molar-refractivity contribution in [2.45, 2.75) is 33.2 Å². The summed E-state index contributed by atoms with van der Waals surface area (Å²) in [6.45, 7) is 8.22. The zero-order valence-electron chi connectivity index (χ0n) is 12.7. The summed E-state index contributed by atoms with van der Waals surface area (Å²) in [6.07, 6.45) is 1.73. The van der Waals surface area contributed by atoms with E-state index >= 15 is 0 Å². The summed E-state index contributed by atoms with van der Waals surface area (Å²) < 4.78 is 0. The number of fused-ring (bicyclic) bond motifs is 1. The fourth-order valence-electron chi connectivity index (χ4n) is 2.04. The van der Waals surface area contributed by atoms with Crippen LogP contribution in [0, 0.1) is 6.92 Å². The number of anilines is 1. The van der Waals surface area contributed by atoms with Crippen LogP contribution < -0.4 is 10.6 Å². The van der Waals surface area contributed by atoms with Gasteiger partial charge in [0.25, 0.3) is 0 Å². The monoisotopic (exact) mass is 305 g/mol. The lowest BCUT2D eigenvalue weighted by atomic mass is 10.1. The molecule has 0 aliphatic carbocycles. The molecule has 0 bridgehead atoms. The van der Waals surface area contributed by atoms with Crippen LogP contribution in [-0.4, -0.2) is 23.0 Å². The number of carbonyl (C=O) groups is 1. The highest BCUT2D eigenvalue weighted by atomic mass is 35.5. The Labute approximate surface area is 129 Å². The van der Waals surface area contributed by atoms with E-state index in [-0.39, 0.29) is 18.0 Å². The number of aryl methyl sites for hydroxylation is 1. The van der Waals surface area contributed by atoms with Gasteiger partial charge < -0.3 is 10.6 Å². The Morgan fingerprint density at radius 2 is 2.10 bits per heavy atom. The third-order valence-electron chi connectivity index (χ3n) is 3.08. The van der Waals surface area contributed by atoms with Crippen molar-refractivity contribution in [3.05, 3.63) is 35.0 Å². The van der Waals surface area contributed by atoms with E-state index in [0.717, 1.165) is 16.5 Å². The van der Waals surface area contributed by atoms with Crippen LogP contribution >= 0.6 is 11.6 Å². The molecule has 1 heterocycles. The highest BCUT2D eigenvalue weighted by Gasteiger charge is 2.15. The zero-order chi connectivity index (χ0) is 15.6. The number of nitrogens with one attached hydrogen (secondary N) is 2. The first kappa shape index (κ1) is 15.7. The predicted molar refractivity (Wildman–Crippen MR) is 87.9 cm³/mol. The maximum Gasteiger partial charge on any atom is 0.238 e. The van der Waals surface area contributed by atoms with Crippen molar-refractivity contribution in [1.82, 2.24) is 10.3 Å². The van der Waals surface area contributed by atoms with E-state index in [0.29, 0.717) is 10.7 Å². The first-order valence-corrected chi connectivity index (χ1v) is 7.24. The third kappa shape index (κ3) is 3.93. The van der Waals surface area contributed by atoms with Crippen LogP contribution in [0.1, 0.15) is 26.3 Å². The normalized spacial score (nSPS) is 11.7. The third-order valence-corrected chi connectivity index (χ3v) is 3.37. The summed E-state index contributed by atoms with van der Waals surface area (Å²) in [7, 11) is 0. The van der Waals surface area contributed by atoms with Gasteiger partial charge in [0.05, 0.1) is 22.8 Å². The molecule has 1 aromatic heterocycles. The molecule has 0 unspecified atom stereocenters. The van der Waals surface area contributed by atoms with Gasteiger partial charge in [-0.05, 0) is 51.5 Å². The molecule has 2 N–H and O–H groups in total. The number of aromatic nitrogens is 1. The molecule has 0 atom stereocenters. The Bertz CT molecular complexity index is 677. The summed E-state index contributed by atoms with van der Waals surface area (Å²) in [5.74, 6) is -0.124. The van der Waals surface area contributed by atoms with Gasteiger partial charge in [0.2, 0.25) is 5.91 Å². The Kier molecular flexibility index (Phi) is 4.49. The molecule has 21 heavy (non-hydrogen) atoms. The molecule has 0 radical (unpaired) electrons. The quantitative estimate of drug-likeness (QED) is 0.912. The second kappa shape index (κ2) is 6.00. The van der Waals surface area contributed by atoms with Gasteiger partial charge in [-0.3, -0.25) is 9.78 Å². The first-order valence-electron chi connectivity index (χ1n) is 6.86. The fourth-order valence-corrected chi connectivity index (χ4v) is 2.35. The Morgan fingerprint density at radius 3 is 2.76 bits per heavy atom. The molecule has 0 saturated carbocycles. The van der Waals surface area contributed by atoms with Crippen molar-refractivity contribution in [3.8, 4) is 0 Å². The van der Waals surface area contributed by atoms with Gasteiger partial charge in [-0.2, -0.15) is 0 Å². The van der Waals surface area contributed by atoms with Crippen LogP contribution in [0.2, 0.25) is 5.02 Å². The summed E-state index contributed by atoms with van der Waals surface area (Å²) >= 11 is 6.28. The maximum absolute atomic E-state index is 12.1. The average molecular weight is 306 g/mol. The van der Waals surface area contributed by atoms with Gasteiger partial charge in [0.1, 0.15) is 0 Å². The standard InChI is InChI=1S/C16H20ClN3O/c1-10-8-12(17)15(11-6-5-7-18-14(10)11)20-13(21)9-19-16(2,3)4/h5-8,19H,9H2,1-4H3,(H,20,21). The summed E-state index contributed by atoms with van der Waals surface area (Å²) in [5.41, 5.74) is 2.34. The van der Waals surface area contributed by atoms with Gasteiger partial charge in [0.15, 0.2) is 0 Å². The number of hydrogen-bond acceptors (Lipinski definition) is 3. The highest BCUT2D eigenvalue weighted by Crippen LogP contribution is 2.32. The molecular weight excluding hydrogens is 286 g/mol. The molecule has 0 spiro atoms. The summed E-state index contributed by atoms with van der Waals surface area (Å²) in [5, 5.41) is 7.41. The van der Waals surface area contributed by atoms with Crippen LogP contribution in [0.25, 0.3) is 10.9 Å². The molecule has 5 heteroatoms. The number of rotatable bonds is 3. The lowest BCUT2D eigenvalue weighted by Gasteiger charge is -2.20. The van der Waals surface area contributed by atoms with E-state index in [1.54, 1.807) is 6.20 Å². The largest absolute Gasteiger partial charge is 0.323 e. The van der Waals surface area contributed by atoms with Crippen LogP contribution in [-0.2, 0) is 4.79 Å². The van der Waals surface area contributed by atoms with Gasteiger partial charge in [0, 0.05) is 17.1 Å². The molecule has 2 aromatic rings. The first-order chi connectivity index (χ1) is 9.78. The molecule has 4 nitrogen and oxygen atoms in total. The van der Waals surface area contributed by atoms with Gasteiger partial charge >= 0.3 is 0 Å². The van der Waals surface area contributed by atoms with E-state index in [4.69, 9.17) is 11.6 Å². The number of hydrogen-bond donors (Lipinski definition) is 2. The molecule has 112 valence electrons. The lowest BCUT2D eigenvalue weighted by Crippen LogP contribution is -2.41. The smallest absolute Gasteiger partial charge is 0.238 e. The molecule has 1 amide bonds. The van der Waals surface area contributed by atoms with E-state index in [9.17, 15) is 4.79 Å². The van der Waals surface area contributed by atoms with Gasteiger partial charge in [-0.25, -0.2) is 0 Å². The van der Waals surface area contributed by atoms with Crippen LogP contribution in [0.5, 0.6) is 0 Å². The minimum Gasteiger partial charge on any atom is -0.323 e. The van der Waals surface area contributed by atoms with E-state index in [1.165, 1.54) is 0 Å². The topological polar surface area (TPSA) is 54.0 Å². The van der Waals surface area contributed by atoms with Crippen LogP contribution in [0.15, 0.2) is 24.4 Å². The average Bonchev–Trinajstić information content (AvgIpc) is 2.40. The Morgan fingerprint density at radius 1 is 1.38 bits per heavy atom. The van der Waals surface area contributed by atoms with Crippen LogP contribution in [0.4, 0.5) is 5.69 Å². The van der Waals surface area contributed by atoms with Crippen molar-refractivity contribution in [2.75, 3.05) is 11.9 Å². The number of pyridine rings is 1. The molecule has 0 saturated heterocycles. The highest BCUT2D eigenvalue weighted by molar-refractivity contribution is 6.35. The van der Waals surface area contributed by atoms with E-state index in [2.05, 4.69) is 15.6 Å². The summed E-state index contributed by atoms with van der Waals surface area (Å²) in [4.78, 5) is 16.4. The Balaban J connectivity index is 2.28. The van der Waals surface area contributed by atoms with Crippen molar-refractivity contribution in [1.29, 1.82) is 0 Å². The molecular formula is C16H20ClN3O. The number of nitrogens with zero attached hydrogens (tertiary/aromatic N) is 1. The molecule has 0 aliphatic rings. The van der Waals surface area contributed by atoms with Gasteiger partial charge in [-0.1, -0.05) is 11.6 Å². The van der Waals surface area contributed by atoms with Crippen molar-refractivity contribution < 1.29 is 4.79 Å². The molecule has 0 fully saturated rings. The van der Waals surface area contributed by atoms with Crippen molar-refractivity contribution >= 4 is 34.1 Å². The maximum atomic E-state index is 12.1. The molecule has 2 rings (SSSR count). The lowest BCUT2D eigenvalue weighted by molar-refractivity contribution is -0.115. The molecule has 1 aromatic carbocycles. The fraction of sp³-hybridized carbons (Fsp3) is 0.375.